The second-order valence-corrected chi connectivity index (χ2v) is 8.74. The molecule has 1 fully saturated rings. The molecule has 0 spiro atoms. The van der Waals surface area contributed by atoms with Crippen molar-refractivity contribution >= 4 is 78.9 Å². The van der Waals surface area contributed by atoms with Gasteiger partial charge >= 0.3 is 6.03 Å². The topological polar surface area (TPSA) is 74.6 Å². The van der Waals surface area contributed by atoms with Crippen LogP contribution in [0.1, 0.15) is 0 Å². The number of aromatic nitrogens is 1. The summed E-state index contributed by atoms with van der Waals surface area (Å²) in [5.41, 5.74) is 2.05. The first-order valence-electron chi connectivity index (χ1n) is 8.07. The lowest BCUT2D eigenvalue weighted by Gasteiger charge is -2.19. The first-order chi connectivity index (χ1) is 12.4. The van der Waals surface area contributed by atoms with Gasteiger partial charge in [0.25, 0.3) is 0 Å². The van der Waals surface area contributed by atoms with Gasteiger partial charge in [0, 0.05) is 28.9 Å². The minimum absolute atomic E-state index is 0.00217. The Labute approximate surface area is 176 Å². The summed E-state index contributed by atoms with van der Waals surface area (Å²) < 4.78 is 4.35. The Bertz CT molecular complexity index is 972. The molecule has 4 rings (SSSR count). The number of fused-ring (bicyclic) bond motifs is 3. The molecule has 6 nitrogen and oxygen atoms in total. The second kappa shape index (κ2) is 6.97. The number of aliphatic hydroxyl groups is 1. The molecule has 2 aromatic carbocycles. The summed E-state index contributed by atoms with van der Waals surface area (Å²) in [4.78, 5) is 24.5. The molecule has 1 aliphatic heterocycles. The lowest BCUT2D eigenvalue weighted by Crippen LogP contribution is -2.39. The summed E-state index contributed by atoms with van der Waals surface area (Å²) in [6.07, 6.45) is -0.847. The highest BCUT2D eigenvalue weighted by Gasteiger charge is 2.30. The lowest BCUT2D eigenvalue weighted by atomic mass is 10.2. The van der Waals surface area contributed by atoms with Crippen molar-refractivity contribution in [2.75, 3.05) is 13.1 Å². The SMILES string of the molecule is O=C1CNC(=O)N1C[C@H](O)Cn1c2ccc(I)cc2c2cc(I)ccc21. The van der Waals surface area contributed by atoms with Crippen molar-refractivity contribution in [1.82, 2.24) is 14.8 Å². The van der Waals surface area contributed by atoms with Crippen LogP contribution >= 0.6 is 45.2 Å². The van der Waals surface area contributed by atoms with Crippen molar-refractivity contribution in [2.45, 2.75) is 12.6 Å². The molecule has 1 atom stereocenters. The molecule has 8 heteroatoms. The van der Waals surface area contributed by atoms with E-state index in [0.29, 0.717) is 6.54 Å². The molecule has 134 valence electrons. The van der Waals surface area contributed by atoms with Crippen LogP contribution in [-0.4, -0.2) is 45.7 Å². The quantitative estimate of drug-likeness (QED) is 0.372. The van der Waals surface area contributed by atoms with Gasteiger partial charge in [-0.3, -0.25) is 9.69 Å². The summed E-state index contributed by atoms with van der Waals surface area (Å²) >= 11 is 4.58. The molecular weight excluding hydrogens is 560 g/mol. The van der Waals surface area contributed by atoms with Crippen molar-refractivity contribution in [3.63, 3.8) is 0 Å². The highest BCUT2D eigenvalue weighted by atomic mass is 127. The van der Waals surface area contributed by atoms with Gasteiger partial charge in [0.05, 0.1) is 25.7 Å². The number of rotatable bonds is 4. The molecule has 3 amide bonds. The van der Waals surface area contributed by atoms with Gasteiger partial charge in [-0.1, -0.05) is 0 Å². The molecule has 3 aromatic rings. The Morgan fingerprint density at radius 1 is 1.00 bits per heavy atom. The second-order valence-electron chi connectivity index (χ2n) is 6.25. The van der Waals surface area contributed by atoms with Crippen LogP contribution in [0.2, 0.25) is 0 Å². The van der Waals surface area contributed by atoms with E-state index in [-0.39, 0.29) is 19.0 Å². The zero-order chi connectivity index (χ0) is 18.4. The fraction of sp³-hybridized carbons (Fsp3) is 0.222. The number of nitrogens with one attached hydrogen (secondary N) is 1. The fourth-order valence-electron chi connectivity index (χ4n) is 3.36. The summed E-state index contributed by atoms with van der Waals surface area (Å²) in [6.45, 7) is 0.288. The molecule has 2 N–H and O–H groups in total. The average molecular weight is 575 g/mol. The largest absolute Gasteiger partial charge is 0.389 e. The standard InChI is InChI=1S/C18H15I2N3O3/c19-10-1-3-15-13(5-10)14-6-11(20)2-4-16(14)22(15)8-12(24)9-23-17(25)7-21-18(23)26/h1-6,12,24H,7-9H2,(H,21,26)/t12-/m1/s1. The Kier molecular flexibility index (Phi) is 4.82. The van der Waals surface area contributed by atoms with E-state index in [1.165, 1.54) is 0 Å². The number of nitrogens with zero attached hydrogens (tertiary/aromatic N) is 2. The molecule has 0 unspecified atom stereocenters. The van der Waals surface area contributed by atoms with Gasteiger partial charge in [-0.25, -0.2) is 4.79 Å². The van der Waals surface area contributed by atoms with E-state index >= 15 is 0 Å². The predicted molar refractivity (Wildman–Crippen MR) is 116 cm³/mol. The van der Waals surface area contributed by atoms with Crippen LogP contribution < -0.4 is 5.32 Å². The van der Waals surface area contributed by atoms with E-state index in [9.17, 15) is 14.7 Å². The number of halogens is 2. The van der Waals surface area contributed by atoms with Crippen LogP contribution in [0.3, 0.4) is 0 Å². The van der Waals surface area contributed by atoms with E-state index in [1.807, 2.05) is 24.3 Å². The van der Waals surface area contributed by atoms with Gasteiger partial charge in [-0.2, -0.15) is 0 Å². The smallest absolute Gasteiger partial charge is 0.324 e. The van der Waals surface area contributed by atoms with Crippen molar-refractivity contribution in [3.05, 3.63) is 43.5 Å². The number of carbonyl (C=O) groups is 2. The zero-order valence-electron chi connectivity index (χ0n) is 13.6. The minimum Gasteiger partial charge on any atom is -0.389 e. The molecule has 2 heterocycles. The molecule has 0 bridgehead atoms. The molecule has 1 saturated heterocycles. The van der Waals surface area contributed by atoms with Crippen molar-refractivity contribution < 1.29 is 14.7 Å². The summed E-state index contributed by atoms with van der Waals surface area (Å²) in [6, 6.07) is 12.0. The van der Waals surface area contributed by atoms with Crippen LogP contribution in [0.4, 0.5) is 4.79 Å². The molecule has 1 aromatic heterocycles. The summed E-state index contributed by atoms with van der Waals surface area (Å²) in [7, 11) is 0. The van der Waals surface area contributed by atoms with E-state index in [1.54, 1.807) is 0 Å². The first-order valence-corrected chi connectivity index (χ1v) is 10.2. The van der Waals surface area contributed by atoms with Crippen LogP contribution in [0.5, 0.6) is 0 Å². The average Bonchev–Trinajstić information content (AvgIpc) is 3.07. The molecule has 0 aliphatic carbocycles. The zero-order valence-corrected chi connectivity index (χ0v) is 17.9. The summed E-state index contributed by atoms with van der Waals surface area (Å²) in [5.74, 6) is -0.305. The third-order valence-corrected chi connectivity index (χ3v) is 5.85. The van der Waals surface area contributed by atoms with E-state index in [4.69, 9.17) is 0 Å². The molecule has 0 saturated carbocycles. The van der Waals surface area contributed by atoms with E-state index in [2.05, 4.69) is 67.2 Å². The van der Waals surface area contributed by atoms with Crippen LogP contribution in [-0.2, 0) is 11.3 Å². The van der Waals surface area contributed by atoms with Gasteiger partial charge in [-0.15, -0.1) is 0 Å². The van der Waals surface area contributed by atoms with Gasteiger partial charge in [0.2, 0.25) is 5.91 Å². The normalized spacial score (nSPS) is 15.9. The number of urea groups is 1. The Morgan fingerprint density at radius 2 is 1.58 bits per heavy atom. The molecular formula is C18H15I2N3O3. The van der Waals surface area contributed by atoms with Gasteiger partial charge in [0.15, 0.2) is 0 Å². The maximum absolute atomic E-state index is 11.7. The third-order valence-electron chi connectivity index (χ3n) is 4.51. The number of hydrogen-bond donors (Lipinski definition) is 2. The van der Waals surface area contributed by atoms with Crippen molar-refractivity contribution in [3.8, 4) is 0 Å². The molecule has 1 aliphatic rings. The monoisotopic (exact) mass is 575 g/mol. The van der Waals surface area contributed by atoms with E-state index in [0.717, 1.165) is 33.8 Å². The highest BCUT2D eigenvalue weighted by Crippen LogP contribution is 2.31. The number of carbonyl (C=O) groups excluding carboxylic acids is 2. The Balaban J connectivity index is 1.73. The summed E-state index contributed by atoms with van der Waals surface area (Å²) in [5, 5.41) is 15.3. The number of benzene rings is 2. The number of hydrogen-bond acceptors (Lipinski definition) is 3. The fourth-order valence-corrected chi connectivity index (χ4v) is 4.35. The first kappa shape index (κ1) is 18.0. The van der Waals surface area contributed by atoms with Crippen LogP contribution in [0.25, 0.3) is 21.8 Å². The number of imide groups is 1. The number of amides is 3. The van der Waals surface area contributed by atoms with Gasteiger partial charge < -0.3 is 15.0 Å². The highest BCUT2D eigenvalue weighted by molar-refractivity contribution is 14.1. The maximum Gasteiger partial charge on any atom is 0.324 e. The van der Waals surface area contributed by atoms with Crippen LogP contribution in [0.15, 0.2) is 36.4 Å². The lowest BCUT2D eigenvalue weighted by molar-refractivity contribution is -0.126. The maximum atomic E-state index is 11.7. The predicted octanol–water partition coefficient (Wildman–Crippen LogP) is 2.92. The Hall–Kier alpha value is -1.40. The third kappa shape index (κ3) is 3.18. The minimum atomic E-state index is -0.847. The van der Waals surface area contributed by atoms with Crippen LogP contribution in [0, 0.1) is 7.14 Å². The number of aliphatic hydroxyl groups excluding tert-OH is 1. The molecule has 26 heavy (non-hydrogen) atoms. The Morgan fingerprint density at radius 3 is 2.08 bits per heavy atom. The molecule has 0 radical (unpaired) electrons. The van der Waals surface area contributed by atoms with Gasteiger partial charge in [0.1, 0.15) is 0 Å². The van der Waals surface area contributed by atoms with Gasteiger partial charge in [-0.05, 0) is 81.6 Å². The van der Waals surface area contributed by atoms with Crippen molar-refractivity contribution in [1.29, 1.82) is 0 Å². The van der Waals surface area contributed by atoms with Crippen molar-refractivity contribution in [2.24, 2.45) is 0 Å². The number of β-amino-alcohol motifs (C(OH)–C–C–N with tert-alkyl or cyclic N) is 1. The van der Waals surface area contributed by atoms with E-state index < -0.39 is 12.1 Å².